The predicted octanol–water partition coefficient (Wildman–Crippen LogP) is -2.12. The van der Waals surface area contributed by atoms with Crippen LogP contribution in [0.15, 0.2) is 40.3 Å². The Bertz CT molecular complexity index is 1230. The van der Waals surface area contributed by atoms with Crippen molar-refractivity contribution >= 4 is 41.5 Å². The lowest BCUT2D eigenvalue weighted by molar-refractivity contribution is -0.143. The molecule has 0 saturated carbocycles. The van der Waals surface area contributed by atoms with Crippen molar-refractivity contribution in [3.8, 4) is 0 Å². The smallest absolute Gasteiger partial charge is 0.245 e. The quantitative estimate of drug-likeness (QED) is 0.0529. The highest BCUT2D eigenvalue weighted by molar-refractivity contribution is 5.97. The molecule has 1 aromatic carbocycles. The Balaban J connectivity index is 3.18. The summed E-state index contributed by atoms with van der Waals surface area (Å²) in [6.45, 7) is 4.69. The lowest BCUT2D eigenvalue weighted by Crippen LogP contribution is -2.62. The topological polar surface area (TPSA) is 271 Å². The fraction of sp³-hybridized carbons (Fsp3) is 0.552. The number of carbonyl (C=O) groups is 5. The molecule has 0 aromatic heterocycles. The molecule has 0 unspecified atom stereocenters. The summed E-state index contributed by atoms with van der Waals surface area (Å²) < 4.78 is 0. The van der Waals surface area contributed by atoms with E-state index in [1.165, 1.54) is 44.7 Å². The zero-order valence-electron chi connectivity index (χ0n) is 26.8. The van der Waals surface area contributed by atoms with Crippen molar-refractivity contribution in [2.45, 2.75) is 76.5 Å². The summed E-state index contributed by atoms with van der Waals surface area (Å²) in [5.41, 5.74) is 26.5. The van der Waals surface area contributed by atoms with Crippen LogP contribution in [0.2, 0.25) is 0 Å². The van der Waals surface area contributed by atoms with Crippen LogP contribution in [-0.4, -0.2) is 102 Å². The number of hydrogen-bond donors (Lipinski definition) is 7. The molecule has 0 fully saturated rings. The van der Waals surface area contributed by atoms with Gasteiger partial charge in [-0.05, 0) is 45.1 Å². The first kappa shape index (κ1) is 38.1. The molecule has 0 bridgehead atoms. The third-order valence-electron chi connectivity index (χ3n) is 7.16. The zero-order valence-corrected chi connectivity index (χ0v) is 26.8. The molecule has 5 amide bonds. The van der Waals surface area contributed by atoms with Crippen LogP contribution < -0.4 is 39.3 Å². The lowest BCUT2D eigenvalue weighted by Gasteiger charge is -2.34. The summed E-state index contributed by atoms with van der Waals surface area (Å²) in [6.07, 6.45) is 1.22. The van der Waals surface area contributed by atoms with E-state index in [9.17, 15) is 24.0 Å². The van der Waals surface area contributed by atoms with E-state index in [4.69, 9.17) is 28.7 Å². The molecule has 0 aliphatic heterocycles. The fourth-order valence-electron chi connectivity index (χ4n) is 4.43. The van der Waals surface area contributed by atoms with Gasteiger partial charge >= 0.3 is 0 Å². The number of rotatable bonds is 18. The number of carbonyl (C=O) groups excluding carboxylic acids is 5. The van der Waals surface area contributed by atoms with Gasteiger partial charge in [-0.2, -0.15) is 0 Å². The van der Waals surface area contributed by atoms with Gasteiger partial charge in [-0.25, -0.2) is 0 Å². The van der Waals surface area contributed by atoms with E-state index in [0.717, 1.165) is 5.56 Å². The highest BCUT2D eigenvalue weighted by Gasteiger charge is 2.37. The number of guanidine groups is 2. The van der Waals surface area contributed by atoms with E-state index in [2.05, 4.69) is 20.6 Å². The number of nitrogens with zero attached hydrogens (tertiary/aromatic N) is 4. The highest BCUT2D eigenvalue weighted by atomic mass is 16.2. The molecule has 0 spiro atoms. The monoisotopic (exact) mass is 631 g/mol. The van der Waals surface area contributed by atoms with Crippen molar-refractivity contribution in [2.24, 2.45) is 38.7 Å². The average Bonchev–Trinajstić information content (AvgIpc) is 2.95. The maximum atomic E-state index is 13.7. The van der Waals surface area contributed by atoms with Gasteiger partial charge in [0.1, 0.15) is 23.7 Å². The Morgan fingerprint density at radius 2 is 1.36 bits per heavy atom. The molecule has 0 heterocycles. The highest BCUT2D eigenvalue weighted by Crippen LogP contribution is 2.14. The largest absolute Gasteiger partial charge is 0.370 e. The van der Waals surface area contributed by atoms with E-state index in [1.807, 2.05) is 18.2 Å². The summed E-state index contributed by atoms with van der Waals surface area (Å²) in [5, 5.41) is 5.40. The van der Waals surface area contributed by atoms with Gasteiger partial charge in [0.25, 0.3) is 0 Å². The molecule has 0 saturated heterocycles. The lowest BCUT2D eigenvalue weighted by atomic mass is 9.99. The molecular weight excluding hydrogens is 582 g/mol. The Kier molecular flexibility index (Phi) is 15.3. The maximum Gasteiger partial charge on any atom is 0.245 e. The van der Waals surface area contributed by atoms with Crippen molar-refractivity contribution in [3.05, 3.63) is 35.9 Å². The number of benzene rings is 1. The molecule has 1 rings (SSSR count). The Hall–Kier alpha value is -4.89. The molecule has 3 atom stereocenters. The molecule has 16 heteroatoms. The van der Waals surface area contributed by atoms with E-state index >= 15 is 0 Å². The predicted molar refractivity (Wildman–Crippen MR) is 172 cm³/mol. The number of primary amides is 1. The molecule has 16 nitrogen and oxygen atoms in total. The minimum Gasteiger partial charge on any atom is -0.370 e. The normalized spacial score (nSPS) is 12.9. The summed E-state index contributed by atoms with van der Waals surface area (Å²) in [5.74, 6) is -3.10. The van der Waals surface area contributed by atoms with E-state index in [1.54, 1.807) is 12.1 Å². The van der Waals surface area contributed by atoms with Crippen LogP contribution in [-0.2, 0) is 30.4 Å². The summed E-state index contributed by atoms with van der Waals surface area (Å²) in [7, 11) is 2.92. The van der Waals surface area contributed by atoms with Crippen LogP contribution >= 0.6 is 0 Å². The average molecular weight is 632 g/mol. The van der Waals surface area contributed by atoms with Crippen LogP contribution in [0.5, 0.6) is 0 Å². The number of aliphatic imine (C=N–C) groups is 2. The number of amides is 5. The van der Waals surface area contributed by atoms with Gasteiger partial charge in [-0.1, -0.05) is 30.3 Å². The van der Waals surface area contributed by atoms with E-state index in [0.29, 0.717) is 12.8 Å². The number of nitrogens with two attached hydrogens (primary N) is 5. The van der Waals surface area contributed by atoms with Crippen molar-refractivity contribution in [1.29, 1.82) is 0 Å². The van der Waals surface area contributed by atoms with Crippen LogP contribution in [0.1, 0.15) is 52.0 Å². The van der Waals surface area contributed by atoms with Crippen LogP contribution in [0.4, 0.5) is 0 Å². The molecule has 0 radical (unpaired) electrons. The molecule has 12 N–H and O–H groups in total. The maximum absolute atomic E-state index is 13.7. The van der Waals surface area contributed by atoms with Crippen LogP contribution in [0.25, 0.3) is 0 Å². The molecule has 45 heavy (non-hydrogen) atoms. The van der Waals surface area contributed by atoms with Crippen molar-refractivity contribution in [1.82, 2.24) is 20.4 Å². The van der Waals surface area contributed by atoms with Gasteiger partial charge < -0.3 is 49.1 Å². The second-order valence-electron chi connectivity index (χ2n) is 11.2. The summed E-state index contributed by atoms with van der Waals surface area (Å²) in [6, 6.07) is 6.04. The molecule has 0 aliphatic carbocycles. The third kappa shape index (κ3) is 13.1. The summed E-state index contributed by atoms with van der Waals surface area (Å²) in [4.78, 5) is 75.4. The molecular formula is C29H49N11O5. The third-order valence-corrected chi connectivity index (χ3v) is 7.16. The van der Waals surface area contributed by atoms with Gasteiger partial charge in [-0.15, -0.1) is 0 Å². The van der Waals surface area contributed by atoms with E-state index in [-0.39, 0.29) is 50.2 Å². The van der Waals surface area contributed by atoms with Gasteiger partial charge in [0.15, 0.2) is 11.9 Å². The minimum absolute atomic E-state index is 0.0935. The first-order valence-electron chi connectivity index (χ1n) is 14.5. The zero-order chi connectivity index (χ0) is 34.3. The van der Waals surface area contributed by atoms with Gasteiger partial charge in [0.2, 0.25) is 29.5 Å². The second-order valence-corrected chi connectivity index (χ2v) is 11.2. The van der Waals surface area contributed by atoms with Gasteiger partial charge in [-0.3, -0.25) is 34.0 Å². The van der Waals surface area contributed by atoms with Gasteiger partial charge in [0.05, 0.1) is 0 Å². The van der Waals surface area contributed by atoms with Crippen molar-refractivity contribution < 1.29 is 24.0 Å². The van der Waals surface area contributed by atoms with Crippen LogP contribution in [0, 0.1) is 0 Å². The SMILES string of the molecule is CC(=O)N(C)[C@@H](CCCN=C(N)N)C(=O)NC(C)(C)C(=O)N[C@@H](CCCN=C(N)N)C(=O)N(C)[C@@H](Cc1ccccc1)C(N)=O. The van der Waals surface area contributed by atoms with Crippen LogP contribution in [0.3, 0.4) is 0 Å². The number of hydrogen-bond acceptors (Lipinski definition) is 7. The van der Waals surface area contributed by atoms with Gasteiger partial charge in [0, 0.05) is 40.5 Å². The molecule has 1 aromatic rings. The minimum atomic E-state index is -1.52. The van der Waals surface area contributed by atoms with E-state index < -0.39 is 47.3 Å². The van der Waals surface area contributed by atoms with Crippen molar-refractivity contribution in [2.75, 3.05) is 27.2 Å². The Morgan fingerprint density at radius 1 is 0.822 bits per heavy atom. The molecule has 250 valence electrons. The first-order chi connectivity index (χ1) is 21.0. The Morgan fingerprint density at radius 3 is 1.84 bits per heavy atom. The number of nitrogens with one attached hydrogen (secondary N) is 2. The van der Waals surface area contributed by atoms with Crippen molar-refractivity contribution in [3.63, 3.8) is 0 Å². The number of likely N-dealkylation sites (N-methyl/N-ethyl adjacent to an activating group) is 2. The fourth-order valence-corrected chi connectivity index (χ4v) is 4.43. The molecule has 0 aliphatic rings. The summed E-state index contributed by atoms with van der Waals surface area (Å²) >= 11 is 0. The standard InChI is InChI=1S/C29H49N11O5/c1-18(41)39(4)21(14-10-16-36-28(33)34)24(43)38-29(2,3)26(45)37-20(13-9-15-35-27(31)32)25(44)40(5)22(23(30)42)17-19-11-7-6-8-12-19/h6-8,11-12,20-22H,9-10,13-17H2,1-5H3,(H2,30,42)(H,37,45)(H,38,43)(H4,31,32,35)(H4,33,34,36)/t20-,21-,22-/m0/s1. The first-order valence-corrected chi connectivity index (χ1v) is 14.5. The second kappa shape index (κ2) is 18.0. The Labute approximate surface area is 264 Å².